The van der Waals surface area contributed by atoms with Crippen LogP contribution in [0.5, 0.6) is 11.5 Å². The first-order valence-corrected chi connectivity index (χ1v) is 4.54. The first-order chi connectivity index (χ1) is 6.81. The molecule has 0 amide bonds. The number of ether oxygens (including phenoxy) is 2. The molecule has 0 bridgehead atoms. The number of rotatable bonds is 3. The average Bonchev–Trinajstić information content (AvgIpc) is 2.61. The Morgan fingerprint density at radius 3 is 2.79 bits per heavy atom. The molecule has 1 aliphatic rings. The Morgan fingerprint density at radius 2 is 2.07 bits per heavy atom. The second-order valence-electron chi connectivity index (χ2n) is 3.15. The van der Waals surface area contributed by atoms with Crippen molar-refractivity contribution in [2.45, 2.75) is 6.42 Å². The molecule has 0 unspecified atom stereocenters. The summed E-state index contributed by atoms with van der Waals surface area (Å²) in [5.74, 6) is 0.901. The Morgan fingerprint density at radius 1 is 1.36 bits per heavy atom. The summed E-state index contributed by atoms with van der Waals surface area (Å²) in [7, 11) is 1.84. The van der Waals surface area contributed by atoms with Crippen LogP contribution in [-0.2, 0) is 6.42 Å². The molecule has 0 saturated carbocycles. The molecule has 3 nitrogen and oxygen atoms in total. The summed E-state index contributed by atoms with van der Waals surface area (Å²) in [6.07, 6.45) is 0.652. The molecule has 0 aromatic heterocycles. The van der Waals surface area contributed by atoms with Gasteiger partial charge in [-0.25, -0.2) is 4.39 Å². The molecule has 1 heterocycles. The monoisotopic (exact) mass is 197 g/mol. The Bertz CT molecular complexity index is 341. The molecule has 4 heteroatoms. The van der Waals surface area contributed by atoms with Crippen LogP contribution >= 0.6 is 0 Å². The van der Waals surface area contributed by atoms with Gasteiger partial charge in [-0.2, -0.15) is 0 Å². The summed E-state index contributed by atoms with van der Waals surface area (Å²) >= 11 is 0. The van der Waals surface area contributed by atoms with Crippen molar-refractivity contribution in [1.82, 2.24) is 5.32 Å². The first-order valence-electron chi connectivity index (χ1n) is 4.54. The standard InChI is InChI=1S/C10H12FNO2/c1-12-3-2-7-4-9-10(5-8(7)11)14-6-13-9/h4-5,12H,2-3,6H2,1H3. The fraction of sp³-hybridized carbons (Fsp3) is 0.400. The number of benzene rings is 1. The highest BCUT2D eigenvalue weighted by atomic mass is 19.1. The van der Waals surface area contributed by atoms with Crippen molar-refractivity contribution in [1.29, 1.82) is 0 Å². The lowest BCUT2D eigenvalue weighted by Gasteiger charge is -2.04. The quantitative estimate of drug-likeness (QED) is 0.792. The van der Waals surface area contributed by atoms with Gasteiger partial charge in [0.05, 0.1) is 0 Å². The van der Waals surface area contributed by atoms with Crippen molar-refractivity contribution < 1.29 is 13.9 Å². The topological polar surface area (TPSA) is 30.5 Å². The van der Waals surface area contributed by atoms with Crippen LogP contribution in [0.4, 0.5) is 4.39 Å². The molecule has 1 aromatic carbocycles. The maximum absolute atomic E-state index is 13.4. The predicted octanol–water partition coefficient (Wildman–Crippen LogP) is 1.32. The highest BCUT2D eigenvalue weighted by Gasteiger charge is 2.16. The summed E-state index contributed by atoms with van der Waals surface area (Å²) < 4.78 is 23.6. The van der Waals surface area contributed by atoms with Crippen molar-refractivity contribution in [2.75, 3.05) is 20.4 Å². The molecule has 76 valence electrons. The second-order valence-corrected chi connectivity index (χ2v) is 3.15. The molecule has 1 aliphatic heterocycles. The fourth-order valence-electron chi connectivity index (χ4n) is 1.41. The van der Waals surface area contributed by atoms with Gasteiger partial charge in [-0.3, -0.25) is 0 Å². The Balaban J connectivity index is 2.23. The lowest BCUT2D eigenvalue weighted by Crippen LogP contribution is -2.11. The average molecular weight is 197 g/mol. The van der Waals surface area contributed by atoms with E-state index in [9.17, 15) is 4.39 Å². The van der Waals surface area contributed by atoms with Crippen LogP contribution in [0.1, 0.15) is 5.56 Å². The highest BCUT2D eigenvalue weighted by Crippen LogP contribution is 2.34. The van der Waals surface area contributed by atoms with Crippen molar-refractivity contribution in [3.63, 3.8) is 0 Å². The van der Waals surface area contributed by atoms with Gasteiger partial charge >= 0.3 is 0 Å². The van der Waals surface area contributed by atoms with E-state index in [1.165, 1.54) is 6.07 Å². The highest BCUT2D eigenvalue weighted by molar-refractivity contribution is 5.45. The summed E-state index contributed by atoms with van der Waals surface area (Å²) in [6, 6.07) is 3.09. The largest absolute Gasteiger partial charge is 0.454 e. The lowest BCUT2D eigenvalue weighted by atomic mass is 10.1. The van der Waals surface area contributed by atoms with Gasteiger partial charge in [0.1, 0.15) is 5.82 Å². The molecule has 0 aliphatic carbocycles. The predicted molar refractivity (Wildman–Crippen MR) is 50.2 cm³/mol. The van der Waals surface area contributed by atoms with Crippen molar-refractivity contribution in [2.24, 2.45) is 0 Å². The van der Waals surface area contributed by atoms with E-state index in [-0.39, 0.29) is 12.6 Å². The SMILES string of the molecule is CNCCc1cc2c(cc1F)OCO2. The zero-order chi connectivity index (χ0) is 9.97. The fourth-order valence-corrected chi connectivity index (χ4v) is 1.41. The van der Waals surface area contributed by atoms with Gasteiger partial charge in [-0.05, 0) is 31.6 Å². The number of hydrogen-bond acceptors (Lipinski definition) is 3. The minimum atomic E-state index is -0.232. The van der Waals surface area contributed by atoms with Crippen LogP contribution < -0.4 is 14.8 Å². The van der Waals surface area contributed by atoms with E-state index in [1.54, 1.807) is 6.07 Å². The van der Waals surface area contributed by atoms with E-state index < -0.39 is 0 Å². The molecule has 0 atom stereocenters. The third-order valence-electron chi connectivity index (χ3n) is 2.19. The van der Waals surface area contributed by atoms with Gasteiger partial charge in [-0.1, -0.05) is 0 Å². The Hall–Kier alpha value is -1.29. The van der Waals surface area contributed by atoms with Gasteiger partial charge < -0.3 is 14.8 Å². The van der Waals surface area contributed by atoms with E-state index in [0.717, 1.165) is 6.54 Å². The summed E-state index contributed by atoms with van der Waals surface area (Å²) in [4.78, 5) is 0. The molecule has 0 saturated heterocycles. The van der Waals surface area contributed by atoms with Gasteiger partial charge in [0.15, 0.2) is 11.5 Å². The lowest BCUT2D eigenvalue weighted by molar-refractivity contribution is 0.174. The minimum Gasteiger partial charge on any atom is -0.454 e. The second kappa shape index (κ2) is 3.84. The molecule has 1 N–H and O–H groups in total. The van der Waals surface area contributed by atoms with Crippen LogP contribution in [0.15, 0.2) is 12.1 Å². The normalized spacial score (nSPS) is 13.3. The molecule has 0 fully saturated rings. The summed E-state index contributed by atoms with van der Waals surface area (Å²) in [5.41, 5.74) is 0.656. The van der Waals surface area contributed by atoms with Crippen LogP contribution in [0, 0.1) is 5.82 Å². The van der Waals surface area contributed by atoms with Crippen LogP contribution in [0.25, 0.3) is 0 Å². The zero-order valence-electron chi connectivity index (χ0n) is 7.97. The van der Waals surface area contributed by atoms with E-state index in [4.69, 9.17) is 9.47 Å². The van der Waals surface area contributed by atoms with Crippen molar-refractivity contribution in [3.05, 3.63) is 23.5 Å². The maximum atomic E-state index is 13.4. The third-order valence-corrected chi connectivity index (χ3v) is 2.19. The number of hydrogen-bond donors (Lipinski definition) is 1. The Labute approximate surface area is 81.8 Å². The number of likely N-dealkylation sites (N-methyl/N-ethyl adjacent to an activating group) is 1. The summed E-state index contributed by atoms with van der Waals surface area (Å²) in [6.45, 7) is 0.931. The minimum absolute atomic E-state index is 0.185. The van der Waals surface area contributed by atoms with Crippen molar-refractivity contribution >= 4 is 0 Å². The Kier molecular flexibility index (Phi) is 2.54. The number of fused-ring (bicyclic) bond motifs is 1. The zero-order valence-corrected chi connectivity index (χ0v) is 7.97. The van der Waals surface area contributed by atoms with Gasteiger partial charge in [0.25, 0.3) is 0 Å². The van der Waals surface area contributed by atoms with E-state index in [1.807, 2.05) is 7.05 Å². The molecule has 1 aromatic rings. The molecule has 2 rings (SSSR count). The third kappa shape index (κ3) is 1.65. The smallest absolute Gasteiger partial charge is 0.231 e. The molecular weight excluding hydrogens is 185 g/mol. The molecule has 14 heavy (non-hydrogen) atoms. The van der Waals surface area contributed by atoms with Crippen LogP contribution in [0.3, 0.4) is 0 Å². The van der Waals surface area contributed by atoms with Crippen molar-refractivity contribution in [3.8, 4) is 11.5 Å². The van der Waals surface area contributed by atoms with E-state index in [0.29, 0.717) is 23.5 Å². The van der Waals surface area contributed by atoms with Gasteiger partial charge in [0.2, 0.25) is 6.79 Å². The molecular formula is C10H12FNO2. The van der Waals surface area contributed by atoms with Gasteiger partial charge in [0, 0.05) is 6.07 Å². The molecule has 0 radical (unpaired) electrons. The van der Waals surface area contributed by atoms with Gasteiger partial charge in [-0.15, -0.1) is 0 Å². The van der Waals surface area contributed by atoms with Crippen LogP contribution in [-0.4, -0.2) is 20.4 Å². The van der Waals surface area contributed by atoms with E-state index in [2.05, 4.69) is 5.32 Å². The van der Waals surface area contributed by atoms with Crippen LogP contribution in [0.2, 0.25) is 0 Å². The molecule has 0 spiro atoms. The maximum Gasteiger partial charge on any atom is 0.231 e. The van der Waals surface area contributed by atoms with E-state index >= 15 is 0 Å². The summed E-state index contributed by atoms with van der Waals surface area (Å²) in [5, 5.41) is 2.97. The number of halogens is 1. The number of nitrogens with one attached hydrogen (secondary N) is 1. The first kappa shape index (κ1) is 9.27.